The molecule has 4 nitrogen and oxygen atoms in total. The Hall–Kier alpha value is -0.130. The molecule has 1 heterocycles. The van der Waals surface area contributed by atoms with Crippen LogP contribution in [-0.2, 0) is 10.0 Å². The molecular formula is C14H30N2O2S. The molecule has 0 spiro atoms. The molecule has 2 atom stereocenters. The van der Waals surface area contributed by atoms with Gasteiger partial charge in [-0.15, -0.1) is 0 Å². The average Bonchev–Trinajstić information content (AvgIpc) is 2.34. The van der Waals surface area contributed by atoms with Crippen LogP contribution in [0.15, 0.2) is 0 Å². The number of rotatable bonds is 5. The summed E-state index contributed by atoms with van der Waals surface area (Å²) >= 11 is 0. The molecule has 0 saturated carbocycles. The number of nitrogens with zero attached hydrogens (tertiary/aromatic N) is 1. The highest BCUT2D eigenvalue weighted by Gasteiger charge is 2.38. The fourth-order valence-electron chi connectivity index (χ4n) is 2.53. The van der Waals surface area contributed by atoms with Gasteiger partial charge in [0.2, 0.25) is 10.0 Å². The fourth-order valence-corrected chi connectivity index (χ4v) is 4.06. The van der Waals surface area contributed by atoms with Gasteiger partial charge in [-0.3, -0.25) is 0 Å². The molecule has 0 radical (unpaired) electrons. The molecule has 0 aromatic carbocycles. The summed E-state index contributed by atoms with van der Waals surface area (Å²) in [6.07, 6.45) is 3.20. The molecule has 2 unspecified atom stereocenters. The Morgan fingerprint density at radius 2 is 2.00 bits per heavy atom. The lowest BCUT2D eigenvalue weighted by Gasteiger charge is -2.38. The second-order valence-electron chi connectivity index (χ2n) is 6.62. The second-order valence-corrected chi connectivity index (χ2v) is 9.31. The summed E-state index contributed by atoms with van der Waals surface area (Å²) in [4.78, 5) is 0. The zero-order valence-electron chi connectivity index (χ0n) is 13.1. The number of hydrogen-bond acceptors (Lipinski definition) is 3. The molecule has 114 valence electrons. The highest BCUT2D eigenvalue weighted by Crippen LogP contribution is 2.27. The first kappa shape index (κ1) is 16.9. The summed E-state index contributed by atoms with van der Waals surface area (Å²) in [5.74, 6) is 0.428. The predicted molar refractivity (Wildman–Crippen MR) is 80.7 cm³/mol. The maximum Gasteiger partial charge on any atom is 0.219 e. The lowest BCUT2D eigenvalue weighted by Crippen LogP contribution is -2.50. The molecule has 1 aliphatic rings. The molecule has 1 rings (SSSR count). The minimum absolute atomic E-state index is 0.387. The Labute approximate surface area is 119 Å². The van der Waals surface area contributed by atoms with Crippen LogP contribution in [0, 0.1) is 5.92 Å². The van der Waals surface area contributed by atoms with Crippen LogP contribution < -0.4 is 5.32 Å². The molecule has 0 amide bonds. The van der Waals surface area contributed by atoms with Crippen molar-refractivity contribution in [2.24, 2.45) is 5.92 Å². The summed E-state index contributed by atoms with van der Waals surface area (Å²) in [6, 6.07) is 0.387. The number of nitrogens with one attached hydrogen (secondary N) is 1. The van der Waals surface area contributed by atoms with Crippen LogP contribution in [0.3, 0.4) is 0 Å². The van der Waals surface area contributed by atoms with Gasteiger partial charge in [0.05, 0.1) is 4.75 Å². The van der Waals surface area contributed by atoms with Gasteiger partial charge in [0.25, 0.3) is 0 Å². The minimum Gasteiger partial charge on any atom is -0.314 e. The number of hydrogen-bond donors (Lipinski definition) is 1. The largest absolute Gasteiger partial charge is 0.314 e. The van der Waals surface area contributed by atoms with E-state index in [9.17, 15) is 8.42 Å². The van der Waals surface area contributed by atoms with E-state index >= 15 is 0 Å². The zero-order valence-corrected chi connectivity index (χ0v) is 13.9. The summed E-state index contributed by atoms with van der Waals surface area (Å²) in [6.45, 7) is 12.0. The van der Waals surface area contributed by atoms with Gasteiger partial charge < -0.3 is 5.32 Å². The van der Waals surface area contributed by atoms with Crippen LogP contribution in [0.4, 0.5) is 0 Å². The molecule has 1 N–H and O–H groups in total. The van der Waals surface area contributed by atoms with E-state index in [1.807, 2.05) is 0 Å². The van der Waals surface area contributed by atoms with Crippen molar-refractivity contribution in [1.82, 2.24) is 9.62 Å². The first-order valence-electron chi connectivity index (χ1n) is 7.43. The first-order valence-corrected chi connectivity index (χ1v) is 8.87. The molecule has 1 saturated heterocycles. The third-order valence-electron chi connectivity index (χ3n) is 3.96. The van der Waals surface area contributed by atoms with Gasteiger partial charge in [0.15, 0.2) is 0 Å². The van der Waals surface area contributed by atoms with E-state index in [0.717, 1.165) is 25.8 Å². The van der Waals surface area contributed by atoms with Crippen molar-refractivity contribution >= 4 is 10.0 Å². The van der Waals surface area contributed by atoms with E-state index in [4.69, 9.17) is 0 Å². The minimum atomic E-state index is -3.18. The van der Waals surface area contributed by atoms with Crippen LogP contribution in [0.2, 0.25) is 0 Å². The second kappa shape index (κ2) is 6.55. The molecule has 0 aromatic heterocycles. The zero-order chi connectivity index (χ0) is 14.7. The molecule has 5 heteroatoms. The third kappa shape index (κ3) is 4.17. The van der Waals surface area contributed by atoms with E-state index in [0.29, 0.717) is 25.0 Å². The molecular weight excluding hydrogens is 260 g/mol. The van der Waals surface area contributed by atoms with E-state index in [2.05, 4.69) is 19.2 Å². The summed E-state index contributed by atoms with van der Waals surface area (Å²) in [5.41, 5.74) is 0. The van der Waals surface area contributed by atoms with Crippen LogP contribution in [0.1, 0.15) is 53.9 Å². The smallest absolute Gasteiger partial charge is 0.219 e. The standard InChI is InChI=1S/C14H30N2O2S/c1-6-9-15-12(2)13-8-7-10-16(11-13)19(17,18)14(3,4)5/h12-13,15H,6-11H2,1-5H3. The SMILES string of the molecule is CCCNC(C)C1CCCN(S(=O)(=O)C(C)(C)C)C1. The van der Waals surface area contributed by atoms with Crippen molar-refractivity contribution in [3.8, 4) is 0 Å². The van der Waals surface area contributed by atoms with Gasteiger partial charge in [-0.1, -0.05) is 6.92 Å². The topological polar surface area (TPSA) is 49.4 Å². The van der Waals surface area contributed by atoms with Crippen molar-refractivity contribution in [2.75, 3.05) is 19.6 Å². The van der Waals surface area contributed by atoms with Gasteiger partial charge in [0, 0.05) is 19.1 Å². The van der Waals surface area contributed by atoms with Crippen molar-refractivity contribution < 1.29 is 8.42 Å². The van der Waals surface area contributed by atoms with Crippen LogP contribution in [-0.4, -0.2) is 43.1 Å². The Morgan fingerprint density at radius 1 is 1.37 bits per heavy atom. The highest BCUT2D eigenvalue weighted by molar-refractivity contribution is 7.90. The summed E-state index contributed by atoms with van der Waals surface area (Å²) in [5, 5.41) is 3.49. The van der Waals surface area contributed by atoms with Gasteiger partial charge in [-0.2, -0.15) is 0 Å². The van der Waals surface area contributed by atoms with E-state index in [1.165, 1.54) is 0 Å². The van der Waals surface area contributed by atoms with Gasteiger partial charge in [0.1, 0.15) is 0 Å². The van der Waals surface area contributed by atoms with Crippen molar-refractivity contribution in [1.29, 1.82) is 0 Å². The predicted octanol–water partition coefficient (Wildman–Crippen LogP) is 2.21. The van der Waals surface area contributed by atoms with Crippen LogP contribution in [0.25, 0.3) is 0 Å². The summed E-state index contributed by atoms with van der Waals surface area (Å²) in [7, 11) is -3.18. The normalized spacial score (nSPS) is 24.4. The van der Waals surface area contributed by atoms with E-state index < -0.39 is 14.8 Å². The van der Waals surface area contributed by atoms with Gasteiger partial charge in [-0.25, -0.2) is 12.7 Å². The molecule has 0 aliphatic carbocycles. The van der Waals surface area contributed by atoms with Crippen molar-refractivity contribution in [3.63, 3.8) is 0 Å². The first-order chi connectivity index (χ1) is 8.70. The highest BCUT2D eigenvalue weighted by atomic mass is 32.2. The van der Waals surface area contributed by atoms with Gasteiger partial charge >= 0.3 is 0 Å². The maximum atomic E-state index is 12.5. The molecule has 19 heavy (non-hydrogen) atoms. The Kier molecular flexibility index (Phi) is 5.83. The Bertz CT molecular complexity index is 373. The number of piperidine rings is 1. The van der Waals surface area contributed by atoms with Gasteiger partial charge in [-0.05, 0) is 59.4 Å². The van der Waals surface area contributed by atoms with Crippen LogP contribution in [0.5, 0.6) is 0 Å². The Balaban J connectivity index is 2.70. The molecule has 1 aliphatic heterocycles. The van der Waals surface area contributed by atoms with E-state index in [-0.39, 0.29) is 0 Å². The molecule has 0 bridgehead atoms. The lowest BCUT2D eigenvalue weighted by atomic mass is 9.93. The maximum absolute atomic E-state index is 12.5. The summed E-state index contributed by atoms with van der Waals surface area (Å²) < 4.78 is 26.0. The van der Waals surface area contributed by atoms with Crippen molar-refractivity contribution in [3.05, 3.63) is 0 Å². The molecule has 0 aromatic rings. The van der Waals surface area contributed by atoms with Crippen LogP contribution >= 0.6 is 0 Å². The fraction of sp³-hybridized carbons (Fsp3) is 1.00. The molecule has 1 fully saturated rings. The lowest BCUT2D eigenvalue weighted by molar-refractivity contribution is 0.221. The quantitative estimate of drug-likeness (QED) is 0.844. The Morgan fingerprint density at radius 3 is 2.53 bits per heavy atom. The van der Waals surface area contributed by atoms with Crippen molar-refractivity contribution in [2.45, 2.75) is 64.7 Å². The monoisotopic (exact) mass is 290 g/mol. The third-order valence-corrected chi connectivity index (χ3v) is 6.52. The average molecular weight is 290 g/mol. The van der Waals surface area contributed by atoms with E-state index in [1.54, 1.807) is 25.1 Å². The number of sulfonamides is 1.